The maximum Gasteiger partial charge on any atom is 0.270 e. The van der Waals surface area contributed by atoms with Crippen LogP contribution in [0, 0.1) is 10.1 Å². The Morgan fingerprint density at radius 3 is 2.31 bits per heavy atom. The number of carbonyl (C=O) groups excluding carboxylic acids is 1. The number of rotatable bonds is 9. The molecule has 3 aromatic rings. The molecule has 0 saturated heterocycles. The van der Waals surface area contributed by atoms with Crippen LogP contribution in [0.5, 0.6) is 0 Å². The number of nitro groups is 1. The number of sulfone groups is 1. The third-order valence-corrected chi connectivity index (χ3v) is 7.28. The molecule has 0 spiro atoms. The normalized spacial score (nSPS) is 11.8. The van der Waals surface area contributed by atoms with E-state index in [4.69, 9.17) is 0 Å². The number of hydrogen-bond donors (Lipinski definition) is 0. The van der Waals surface area contributed by atoms with Gasteiger partial charge in [0.1, 0.15) is 0 Å². The molecule has 0 bridgehead atoms. The SMILES string of the molecule is CCN(CC)CCN(C(=O)c1ccc(S(C)(=O)=O)cc1)c1nc2ccc([N+](=O)[O-])cc2s1. The van der Waals surface area contributed by atoms with E-state index in [0.717, 1.165) is 19.3 Å². The van der Waals surface area contributed by atoms with Crippen LogP contribution in [0.4, 0.5) is 10.8 Å². The van der Waals surface area contributed by atoms with Gasteiger partial charge < -0.3 is 4.90 Å². The summed E-state index contributed by atoms with van der Waals surface area (Å²) < 4.78 is 24.1. The summed E-state index contributed by atoms with van der Waals surface area (Å²) in [6.45, 7) is 6.72. The molecule has 1 amide bonds. The van der Waals surface area contributed by atoms with Gasteiger partial charge in [0.2, 0.25) is 0 Å². The smallest absolute Gasteiger partial charge is 0.270 e. The molecule has 0 atom stereocenters. The first kappa shape index (κ1) is 23.8. The van der Waals surface area contributed by atoms with Crippen molar-refractivity contribution in [2.24, 2.45) is 0 Å². The molecular weight excluding hydrogens is 452 g/mol. The Balaban J connectivity index is 1.98. The quantitative estimate of drug-likeness (QED) is 0.342. The number of aromatic nitrogens is 1. The molecule has 32 heavy (non-hydrogen) atoms. The second-order valence-corrected chi connectivity index (χ2v) is 10.2. The Labute approximate surface area is 190 Å². The van der Waals surface area contributed by atoms with Crippen molar-refractivity contribution in [3.8, 4) is 0 Å². The van der Waals surface area contributed by atoms with Gasteiger partial charge in [0.05, 0.1) is 20.0 Å². The standard InChI is InChI=1S/C21H24N4O5S2/c1-4-23(5-2)12-13-24(20(26)15-6-9-17(10-7-15)32(3,29)30)21-22-18-11-8-16(25(27)28)14-19(18)31-21/h6-11,14H,4-5,12-13H2,1-3H3. The van der Waals surface area contributed by atoms with Gasteiger partial charge in [-0.2, -0.15) is 0 Å². The van der Waals surface area contributed by atoms with E-state index in [1.807, 2.05) is 13.8 Å². The van der Waals surface area contributed by atoms with Crippen LogP contribution in [0.3, 0.4) is 0 Å². The molecule has 0 fully saturated rings. The summed E-state index contributed by atoms with van der Waals surface area (Å²) in [5.74, 6) is -0.314. The van der Waals surface area contributed by atoms with Crippen molar-refractivity contribution in [3.05, 3.63) is 58.1 Å². The molecule has 9 nitrogen and oxygen atoms in total. The Bertz CT molecular complexity index is 1230. The number of hydrogen-bond acceptors (Lipinski definition) is 8. The molecule has 0 aliphatic heterocycles. The van der Waals surface area contributed by atoms with Gasteiger partial charge in [-0.15, -0.1) is 0 Å². The lowest BCUT2D eigenvalue weighted by Crippen LogP contribution is -2.38. The van der Waals surface area contributed by atoms with E-state index in [9.17, 15) is 23.3 Å². The summed E-state index contributed by atoms with van der Waals surface area (Å²) in [6.07, 6.45) is 1.11. The molecule has 0 saturated carbocycles. The van der Waals surface area contributed by atoms with Crippen molar-refractivity contribution in [3.63, 3.8) is 0 Å². The maximum absolute atomic E-state index is 13.4. The van der Waals surface area contributed by atoms with Crippen molar-refractivity contribution >= 4 is 48.1 Å². The van der Waals surface area contributed by atoms with E-state index >= 15 is 0 Å². The first-order valence-electron chi connectivity index (χ1n) is 10.0. The van der Waals surface area contributed by atoms with E-state index in [1.54, 1.807) is 11.0 Å². The van der Waals surface area contributed by atoms with Crippen LogP contribution >= 0.6 is 11.3 Å². The van der Waals surface area contributed by atoms with Gasteiger partial charge in [0.25, 0.3) is 11.6 Å². The van der Waals surface area contributed by atoms with Crippen LogP contribution in [-0.2, 0) is 9.84 Å². The molecule has 1 aromatic heterocycles. The lowest BCUT2D eigenvalue weighted by atomic mass is 10.2. The average molecular weight is 477 g/mol. The van der Waals surface area contributed by atoms with Gasteiger partial charge in [-0.1, -0.05) is 25.2 Å². The fraction of sp³-hybridized carbons (Fsp3) is 0.333. The summed E-state index contributed by atoms with van der Waals surface area (Å²) >= 11 is 1.21. The highest BCUT2D eigenvalue weighted by atomic mass is 32.2. The average Bonchev–Trinajstić information content (AvgIpc) is 3.18. The highest BCUT2D eigenvalue weighted by Gasteiger charge is 2.23. The molecule has 1 heterocycles. The molecule has 0 unspecified atom stereocenters. The summed E-state index contributed by atoms with van der Waals surface area (Å²) in [5, 5.41) is 11.5. The van der Waals surface area contributed by atoms with E-state index < -0.39 is 14.8 Å². The number of nitro benzene ring substituents is 1. The fourth-order valence-electron chi connectivity index (χ4n) is 3.20. The van der Waals surface area contributed by atoms with Gasteiger partial charge in [-0.05, 0) is 43.4 Å². The molecule has 11 heteroatoms. The largest absolute Gasteiger partial charge is 0.302 e. The molecular formula is C21H24N4O5S2. The lowest BCUT2D eigenvalue weighted by molar-refractivity contribution is -0.384. The summed E-state index contributed by atoms with van der Waals surface area (Å²) in [4.78, 5) is 32.4. The predicted molar refractivity (Wildman–Crippen MR) is 125 cm³/mol. The van der Waals surface area contributed by atoms with Crippen LogP contribution in [0.2, 0.25) is 0 Å². The van der Waals surface area contributed by atoms with E-state index in [0.29, 0.717) is 34.0 Å². The molecule has 0 radical (unpaired) electrons. The third-order valence-electron chi connectivity index (χ3n) is 5.11. The monoisotopic (exact) mass is 476 g/mol. The van der Waals surface area contributed by atoms with E-state index in [2.05, 4.69) is 9.88 Å². The Hall–Kier alpha value is -2.89. The van der Waals surface area contributed by atoms with Crippen molar-refractivity contribution in [1.82, 2.24) is 9.88 Å². The van der Waals surface area contributed by atoms with Crippen LogP contribution in [0.1, 0.15) is 24.2 Å². The van der Waals surface area contributed by atoms with Crippen LogP contribution in [0.15, 0.2) is 47.4 Å². The maximum atomic E-state index is 13.4. The Kier molecular flexibility index (Phi) is 7.22. The van der Waals surface area contributed by atoms with Crippen LogP contribution in [-0.4, -0.2) is 61.6 Å². The molecule has 170 valence electrons. The van der Waals surface area contributed by atoms with Crippen molar-refractivity contribution in [1.29, 1.82) is 0 Å². The topological polar surface area (TPSA) is 114 Å². The number of carbonyl (C=O) groups is 1. The van der Waals surface area contributed by atoms with E-state index in [1.165, 1.54) is 47.7 Å². The minimum atomic E-state index is -3.37. The molecule has 2 aromatic carbocycles. The number of anilines is 1. The van der Waals surface area contributed by atoms with E-state index in [-0.39, 0.29) is 16.5 Å². The number of amides is 1. The van der Waals surface area contributed by atoms with Crippen LogP contribution < -0.4 is 4.90 Å². The summed E-state index contributed by atoms with van der Waals surface area (Å²) in [7, 11) is -3.37. The van der Waals surface area contributed by atoms with Gasteiger partial charge in [0.15, 0.2) is 15.0 Å². The fourth-order valence-corrected chi connectivity index (χ4v) is 4.85. The molecule has 3 rings (SSSR count). The minimum Gasteiger partial charge on any atom is -0.302 e. The molecule has 0 aliphatic rings. The second kappa shape index (κ2) is 9.72. The minimum absolute atomic E-state index is 0.0370. The first-order chi connectivity index (χ1) is 15.1. The van der Waals surface area contributed by atoms with Crippen molar-refractivity contribution in [2.45, 2.75) is 18.7 Å². The number of nitrogens with zero attached hydrogens (tertiary/aromatic N) is 4. The summed E-state index contributed by atoms with van der Waals surface area (Å²) in [5.41, 5.74) is 0.871. The van der Waals surface area contributed by atoms with Gasteiger partial charge in [0, 0.05) is 37.0 Å². The first-order valence-corrected chi connectivity index (χ1v) is 12.7. The third kappa shape index (κ3) is 5.29. The zero-order valence-electron chi connectivity index (χ0n) is 18.0. The number of likely N-dealkylation sites (N-methyl/N-ethyl adjacent to an activating group) is 1. The van der Waals surface area contributed by atoms with Crippen molar-refractivity contribution in [2.75, 3.05) is 37.3 Å². The van der Waals surface area contributed by atoms with Crippen molar-refractivity contribution < 1.29 is 18.1 Å². The summed E-state index contributed by atoms with van der Waals surface area (Å²) in [6, 6.07) is 10.2. The zero-order valence-corrected chi connectivity index (χ0v) is 19.6. The van der Waals surface area contributed by atoms with Gasteiger partial charge >= 0.3 is 0 Å². The second-order valence-electron chi connectivity index (χ2n) is 7.19. The van der Waals surface area contributed by atoms with Gasteiger partial charge in [-0.3, -0.25) is 19.8 Å². The van der Waals surface area contributed by atoms with Crippen LogP contribution in [0.25, 0.3) is 10.2 Å². The number of benzene rings is 2. The molecule has 0 N–H and O–H groups in total. The number of non-ortho nitro benzene ring substituents is 1. The highest BCUT2D eigenvalue weighted by Crippen LogP contribution is 2.32. The Morgan fingerprint density at radius 2 is 1.75 bits per heavy atom. The lowest BCUT2D eigenvalue weighted by Gasteiger charge is -2.24. The highest BCUT2D eigenvalue weighted by molar-refractivity contribution is 7.90. The number of thiazole rings is 1. The predicted octanol–water partition coefficient (Wildman–Crippen LogP) is 3.60. The Morgan fingerprint density at radius 1 is 1.09 bits per heavy atom. The molecule has 0 aliphatic carbocycles. The van der Waals surface area contributed by atoms with Gasteiger partial charge in [-0.25, -0.2) is 13.4 Å². The zero-order chi connectivity index (χ0) is 23.5. The number of fused-ring (bicyclic) bond motifs is 1.